The number of amides is 1. The van der Waals surface area contributed by atoms with Crippen LogP contribution in [0.5, 0.6) is 0 Å². The molecule has 1 aliphatic heterocycles. The maximum atomic E-state index is 13.6. The van der Waals surface area contributed by atoms with Gasteiger partial charge in [-0.05, 0) is 62.4 Å². The highest BCUT2D eigenvalue weighted by Gasteiger charge is 2.31. The Kier molecular flexibility index (Phi) is 4.75. The third-order valence-corrected chi connectivity index (χ3v) is 5.08. The zero-order chi connectivity index (χ0) is 18.1. The predicted molar refractivity (Wildman–Crippen MR) is 95.2 cm³/mol. The highest BCUT2D eigenvalue weighted by atomic mass is 19.1. The van der Waals surface area contributed by atoms with Gasteiger partial charge in [-0.1, -0.05) is 12.1 Å². The van der Waals surface area contributed by atoms with E-state index in [4.69, 9.17) is 0 Å². The average molecular weight is 342 g/mol. The SMILES string of the molecule is Cc1cc(C)n(C)c(=O)c1C(=O)N1CCCCC1c1cccc(F)c1. The van der Waals surface area contributed by atoms with Crippen LogP contribution in [-0.4, -0.2) is 21.9 Å². The summed E-state index contributed by atoms with van der Waals surface area (Å²) in [6.07, 6.45) is 2.65. The zero-order valence-corrected chi connectivity index (χ0v) is 14.9. The molecule has 1 aliphatic rings. The van der Waals surface area contributed by atoms with Gasteiger partial charge >= 0.3 is 0 Å². The quantitative estimate of drug-likeness (QED) is 0.838. The van der Waals surface area contributed by atoms with Crippen molar-refractivity contribution in [3.05, 3.63) is 68.9 Å². The fourth-order valence-electron chi connectivity index (χ4n) is 3.62. The minimum absolute atomic E-state index is 0.192. The molecule has 0 bridgehead atoms. The van der Waals surface area contributed by atoms with Crippen LogP contribution in [0.3, 0.4) is 0 Å². The standard InChI is InChI=1S/C20H23FN2O2/c1-13-11-14(2)22(3)19(24)18(13)20(25)23-10-5-4-9-17(23)15-7-6-8-16(21)12-15/h6-8,11-12,17H,4-5,9-10H2,1-3H3. The molecule has 5 heteroatoms. The molecule has 1 amide bonds. The van der Waals surface area contributed by atoms with Crippen molar-refractivity contribution in [3.8, 4) is 0 Å². The fraction of sp³-hybridized carbons (Fsp3) is 0.400. The van der Waals surface area contributed by atoms with Crippen molar-refractivity contribution in [2.45, 2.75) is 39.2 Å². The number of carbonyl (C=O) groups excluding carboxylic acids is 1. The van der Waals surface area contributed by atoms with Gasteiger partial charge in [0.05, 0.1) is 6.04 Å². The Labute approximate surface area is 146 Å². The van der Waals surface area contributed by atoms with Crippen molar-refractivity contribution in [3.63, 3.8) is 0 Å². The summed E-state index contributed by atoms with van der Waals surface area (Å²) in [5.41, 5.74) is 2.24. The summed E-state index contributed by atoms with van der Waals surface area (Å²) in [7, 11) is 1.67. The van der Waals surface area contributed by atoms with Crippen LogP contribution in [0.1, 0.15) is 52.5 Å². The first-order valence-electron chi connectivity index (χ1n) is 8.64. The number of likely N-dealkylation sites (tertiary alicyclic amines) is 1. The average Bonchev–Trinajstić information content (AvgIpc) is 2.59. The molecule has 0 spiro atoms. The predicted octanol–water partition coefficient (Wildman–Crippen LogP) is 3.51. The van der Waals surface area contributed by atoms with E-state index >= 15 is 0 Å². The first-order valence-corrected chi connectivity index (χ1v) is 8.64. The zero-order valence-electron chi connectivity index (χ0n) is 14.9. The molecule has 1 saturated heterocycles. The maximum absolute atomic E-state index is 13.6. The molecule has 1 atom stereocenters. The minimum atomic E-state index is -0.307. The van der Waals surface area contributed by atoms with E-state index in [9.17, 15) is 14.0 Å². The molecule has 1 aromatic carbocycles. The van der Waals surface area contributed by atoms with Crippen molar-refractivity contribution in [1.29, 1.82) is 0 Å². The van der Waals surface area contributed by atoms with E-state index in [2.05, 4.69) is 0 Å². The molecule has 1 aromatic heterocycles. The van der Waals surface area contributed by atoms with Gasteiger partial charge in [-0.2, -0.15) is 0 Å². The lowest BCUT2D eigenvalue weighted by Gasteiger charge is -2.36. The third-order valence-electron chi connectivity index (χ3n) is 5.08. The van der Waals surface area contributed by atoms with Gasteiger partial charge in [0.2, 0.25) is 0 Å². The van der Waals surface area contributed by atoms with E-state index in [0.717, 1.165) is 30.5 Å². The smallest absolute Gasteiger partial charge is 0.263 e. The first kappa shape index (κ1) is 17.4. The Hall–Kier alpha value is -2.43. The second kappa shape index (κ2) is 6.82. The number of rotatable bonds is 2. The molecule has 0 radical (unpaired) electrons. The van der Waals surface area contributed by atoms with Gasteiger partial charge in [0.25, 0.3) is 11.5 Å². The van der Waals surface area contributed by atoms with Gasteiger partial charge in [0.15, 0.2) is 0 Å². The van der Waals surface area contributed by atoms with Gasteiger partial charge < -0.3 is 9.47 Å². The maximum Gasteiger partial charge on any atom is 0.263 e. The number of nitrogens with zero attached hydrogens (tertiary/aromatic N) is 2. The molecule has 2 heterocycles. The van der Waals surface area contributed by atoms with E-state index in [0.29, 0.717) is 12.1 Å². The third kappa shape index (κ3) is 3.23. The molecule has 2 aromatic rings. The fourth-order valence-corrected chi connectivity index (χ4v) is 3.62. The van der Waals surface area contributed by atoms with Crippen LogP contribution in [0.25, 0.3) is 0 Å². The summed E-state index contributed by atoms with van der Waals surface area (Å²) in [6, 6.07) is 8.06. The molecular formula is C20H23FN2O2. The van der Waals surface area contributed by atoms with Crippen molar-refractivity contribution < 1.29 is 9.18 Å². The number of piperidine rings is 1. The van der Waals surface area contributed by atoms with Crippen LogP contribution in [0, 0.1) is 19.7 Å². The van der Waals surface area contributed by atoms with Gasteiger partial charge in [0.1, 0.15) is 11.4 Å². The van der Waals surface area contributed by atoms with Crippen LogP contribution in [0.15, 0.2) is 35.1 Å². The first-order chi connectivity index (χ1) is 11.9. The number of pyridine rings is 1. The molecule has 0 N–H and O–H groups in total. The number of halogens is 1. The summed E-state index contributed by atoms with van der Waals surface area (Å²) in [5, 5.41) is 0. The number of aromatic nitrogens is 1. The van der Waals surface area contributed by atoms with E-state index in [1.54, 1.807) is 24.9 Å². The molecule has 132 valence electrons. The molecule has 4 nitrogen and oxygen atoms in total. The highest BCUT2D eigenvalue weighted by Crippen LogP contribution is 2.32. The van der Waals surface area contributed by atoms with Crippen LogP contribution in [0.2, 0.25) is 0 Å². The minimum Gasteiger partial charge on any atom is -0.331 e. The van der Waals surface area contributed by atoms with E-state index in [1.807, 2.05) is 19.1 Å². The van der Waals surface area contributed by atoms with E-state index < -0.39 is 0 Å². The van der Waals surface area contributed by atoms with Gasteiger partial charge in [-0.3, -0.25) is 9.59 Å². The number of carbonyl (C=O) groups is 1. The highest BCUT2D eigenvalue weighted by molar-refractivity contribution is 5.95. The lowest BCUT2D eigenvalue weighted by Crippen LogP contribution is -2.42. The molecule has 3 rings (SSSR count). The normalized spacial score (nSPS) is 17.6. The van der Waals surface area contributed by atoms with Crippen molar-refractivity contribution in [2.75, 3.05) is 6.54 Å². The lowest BCUT2D eigenvalue weighted by atomic mass is 9.94. The molecule has 1 unspecified atom stereocenters. The van der Waals surface area contributed by atoms with Crippen molar-refractivity contribution in [2.24, 2.45) is 7.05 Å². The Morgan fingerprint density at radius 2 is 1.96 bits per heavy atom. The van der Waals surface area contributed by atoms with Gasteiger partial charge in [0, 0.05) is 19.3 Å². The Balaban J connectivity index is 2.03. The van der Waals surface area contributed by atoms with Gasteiger partial charge in [-0.25, -0.2) is 4.39 Å². The summed E-state index contributed by atoms with van der Waals surface area (Å²) in [6.45, 7) is 4.22. The largest absolute Gasteiger partial charge is 0.331 e. The summed E-state index contributed by atoms with van der Waals surface area (Å²) >= 11 is 0. The van der Waals surface area contributed by atoms with Crippen molar-refractivity contribution >= 4 is 5.91 Å². The lowest BCUT2D eigenvalue weighted by molar-refractivity contribution is 0.0608. The van der Waals surface area contributed by atoms with Crippen LogP contribution >= 0.6 is 0 Å². The monoisotopic (exact) mass is 342 g/mol. The van der Waals surface area contributed by atoms with E-state index in [1.165, 1.54) is 16.7 Å². The number of hydrogen-bond acceptors (Lipinski definition) is 2. The molecule has 1 fully saturated rings. The Bertz CT molecular complexity index is 872. The summed E-state index contributed by atoms with van der Waals surface area (Å²) in [5.74, 6) is -0.565. The Morgan fingerprint density at radius 1 is 1.20 bits per heavy atom. The molecule has 0 saturated carbocycles. The van der Waals surface area contributed by atoms with Crippen LogP contribution in [0.4, 0.5) is 4.39 Å². The molecular weight excluding hydrogens is 319 g/mol. The summed E-state index contributed by atoms with van der Waals surface area (Å²) < 4.78 is 15.1. The number of aryl methyl sites for hydroxylation is 2. The second-order valence-electron chi connectivity index (χ2n) is 6.77. The second-order valence-corrected chi connectivity index (χ2v) is 6.77. The van der Waals surface area contributed by atoms with Crippen LogP contribution < -0.4 is 5.56 Å². The number of hydrogen-bond donors (Lipinski definition) is 0. The van der Waals surface area contributed by atoms with E-state index in [-0.39, 0.29) is 28.9 Å². The van der Waals surface area contributed by atoms with Gasteiger partial charge in [-0.15, -0.1) is 0 Å². The molecule has 0 aliphatic carbocycles. The number of benzene rings is 1. The van der Waals surface area contributed by atoms with Crippen LogP contribution in [-0.2, 0) is 7.05 Å². The topological polar surface area (TPSA) is 42.3 Å². The summed E-state index contributed by atoms with van der Waals surface area (Å²) in [4.78, 5) is 27.6. The Morgan fingerprint density at radius 3 is 2.68 bits per heavy atom. The van der Waals surface area contributed by atoms with Crippen molar-refractivity contribution in [1.82, 2.24) is 9.47 Å². The molecule has 25 heavy (non-hydrogen) atoms.